The van der Waals surface area contributed by atoms with E-state index >= 15 is 0 Å². The van der Waals surface area contributed by atoms with Crippen molar-refractivity contribution in [3.8, 4) is 5.75 Å². The van der Waals surface area contributed by atoms with Crippen LogP contribution in [0.25, 0.3) is 0 Å². The maximum Gasteiger partial charge on any atom is 0.191 e. The molecule has 0 atom stereocenters. The molecular weight excluding hydrogens is 398 g/mol. The molecule has 0 radical (unpaired) electrons. The first kappa shape index (κ1) is 22.2. The van der Waals surface area contributed by atoms with Crippen molar-refractivity contribution in [2.75, 3.05) is 38.2 Å². The van der Waals surface area contributed by atoms with Crippen molar-refractivity contribution in [3.63, 3.8) is 0 Å². The molecule has 2 N–H and O–H groups in total. The molecule has 30 heavy (non-hydrogen) atoms. The number of aryl methyl sites for hydroxylation is 1. The van der Waals surface area contributed by atoms with Crippen LogP contribution in [0.3, 0.4) is 0 Å². The first-order chi connectivity index (χ1) is 14.6. The molecule has 2 heterocycles. The Morgan fingerprint density at radius 3 is 2.70 bits per heavy atom. The van der Waals surface area contributed by atoms with E-state index in [1.807, 2.05) is 24.4 Å². The maximum absolute atomic E-state index is 6.34. The molecule has 1 aliphatic rings. The van der Waals surface area contributed by atoms with E-state index in [0.717, 1.165) is 67.0 Å². The second kappa shape index (κ2) is 11.1. The van der Waals surface area contributed by atoms with Crippen molar-refractivity contribution >= 4 is 23.4 Å². The number of ether oxygens (including phenoxy) is 1. The predicted molar refractivity (Wildman–Crippen MR) is 125 cm³/mol. The van der Waals surface area contributed by atoms with E-state index in [2.05, 4.69) is 46.5 Å². The third-order valence-corrected chi connectivity index (χ3v) is 5.66. The topological polar surface area (TPSA) is 61.8 Å². The van der Waals surface area contributed by atoms with Gasteiger partial charge in [-0.25, -0.2) is 4.98 Å². The number of rotatable bonds is 7. The number of benzene rings is 1. The minimum Gasteiger partial charge on any atom is -0.497 e. The van der Waals surface area contributed by atoms with Gasteiger partial charge in [0.2, 0.25) is 0 Å². The molecule has 0 saturated carbocycles. The average molecular weight is 430 g/mol. The van der Waals surface area contributed by atoms with Crippen LogP contribution in [0, 0.1) is 6.92 Å². The molecule has 0 amide bonds. The summed E-state index contributed by atoms with van der Waals surface area (Å²) in [5.74, 6) is 2.71. The van der Waals surface area contributed by atoms with Gasteiger partial charge in [0.1, 0.15) is 11.6 Å². The van der Waals surface area contributed by atoms with E-state index in [1.165, 1.54) is 5.56 Å². The molecule has 1 aromatic carbocycles. The minimum absolute atomic E-state index is 0.411. The van der Waals surface area contributed by atoms with Crippen molar-refractivity contribution in [1.82, 2.24) is 15.6 Å². The number of anilines is 1. The normalized spacial score (nSPS) is 15.2. The fraction of sp³-hybridized carbons (Fsp3) is 0.478. The second-order valence-electron chi connectivity index (χ2n) is 7.57. The molecule has 0 bridgehead atoms. The zero-order valence-electron chi connectivity index (χ0n) is 18.1. The van der Waals surface area contributed by atoms with Crippen LogP contribution < -0.4 is 20.3 Å². The van der Waals surface area contributed by atoms with Gasteiger partial charge in [-0.05, 0) is 62.4 Å². The van der Waals surface area contributed by atoms with Crippen LogP contribution in [-0.4, -0.2) is 50.3 Å². The number of aromatic nitrogens is 1. The Hall–Kier alpha value is -2.47. The smallest absolute Gasteiger partial charge is 0.191 e. The molecule has 1 aromatic heterocycles. The van der Waals surface area contributed by atoms with Gasteiger partial charge in [0.05, 0.1) is 7.11 Å². The van der Waals surface area contributed by atoms with E-state index in [-0.39, 0.29) is 0 Å². The van der Waals surface area contributed by atoms with Crippen molar-refractivity contribution in [1.29, 1.82) is 0 Å². The molecule has 6 nitrogen and oxygen atoms in total. The van der Waals surface area contributed by atoms with Gasteiger partial charge in [0, 0.05) is 43.4 Å². The van der Waals surface area contributed by atoms with Gasteiger partial charge in [-0.3, -0.25) is 4.99 Å². The Balaban J connectivity index is 1.51. The van der Waals surface area contributed by atoms with Crippen LogP contribution in [-0.2, 0) is 6.42 Å². The van der Waals surface area contributed by atoms with Crippen LogP contribution in [0.1, 0.15) is 30.9 Å². The zero-order chi connectivity index (χ0) is 21.3. The van der Waals surface area contributed by atoms with Crippen molar-refractivity contribution < 1.29 is 4.74 Å². The highest BCUT2D eigenvalue weighted by Gasteiger charge is 2.20. The van der Waals surface area contributed by atoms with Crippen molar-refractivity contribution in [2.24, 2.45) is 4.99 Å². The molecule has 3 rings (SSSR count). The molecule has 1 fully saturated rings. The number of nitrogens with zero attached hydrogens (tertiary/aromatic N) is 3. The highest BCUT2D eigenvalue weighted by Crippen LogP contribution is 2.23. The third kappa shape index (κ3) is 6.26. The second-order valence-corrected chi connectivity index (χ2v) is 7.97. The number of hydrogen-bond donors (Lipinski definition) is 2. The summed E-state index contributed by atoms with van der Waals surface area (Å²) in [5, 5.41) is 7.68. The predicted octanol–water partition coefficient (Wildman–Crippen LogP) is 3.82. The molecular formula is C23H32ClN5O. The van der Waals surface area contributed by atoms with Gasteiger partial charge in [0.15, 0.2) is 5.96 Å². The van der Waals surface area contributed by atoms with Crippen LogP contribution in [0.2, 0.25) is 5.02 Å². The van der Waals surface area contributed by atoms with E-state index in [4.69, 9.17) is 21.3 Å². The quantitative estimate of drug-likeness (QED) is 0.517. The molecule has 0 unspecified atom stereocenters. The van der Waals surface area contributed by atoms with Crippen LogP contribution in [0.15, 0.2) is 41.5 Å². The van der Waals surface area contributed by atoms with E-state index in [0.29, 0.717) is 12.6 Å². The van der Waals surface area contributed by atoms with Gasteiger partial charge in [-0.1, -0.05) is 23.7 Å². The largest absolute Gasteiger partial charge is 0.497 e. The monoisotopic (exact) mass is 429 g/mol. The number of piperidine rings is 1. The van der Waals surface area contributed by atoms with Gasteiger partial charge >= 0.3 is 0 Å². The summed E-state index contributed by atoms with van der Waals surface area (Å²) in [6.45, 7) is 7.65. The highest BCUT2D eigenvalue weighted by molar-refractivity contribution is 6.31. The van der Waals surface area contributed by atoms with Crippen LogP contribution in [0.4, 0.5) is 5.82 Å². The number of guanidine groups is 1. The molecule has 1 saturated heterocycles. The van der Waals surface area contributed by atoms with Crippen molar-refractivity contribution in [3.05, 3.63) is 52.7 Å². The van der Waals surface area contributed by atoms with E-state index in [1.54, 1.807) is 7.11 Å². The Labute approximate surface area is 184 Å². The Kier molecular flexibility index (Phi) is 8.20. The maximum atomic E-state index is 6.34. The zero-order valence-corrected chi connectivity index (χ0v) is 18.9. The molecule has 2 aromatic rings. The van der Waals surface area contributed by atoms with Gasteiger partial charge in [0.25, 0.3) is 0 Å². The first-order valence-corrected chi connectivity index (χ1v) is 11.0. The summed E-state index contributed by atoms with van der Waals surface area (Å²) in [7, 11) is 1.64. The summed E-state index contributed by atoms with van der Waals surface area (Å²) in [5.41, 5.74) is 2.27. The standard InChI is InChI=1S/C23H32ClN5O/c1-4-25-23(26-12-9-18-6-7-20(30-3)15-21(18)24)28-19-10-13-29(14-11-19)22-8-5-17(2)16-27-22/h5-8,15-16,19H,4,9-14H2,1-3H3,(H2,25,26,28). The molecule has 162 valence electrons. The first-order valence-electron chi connectivity index (χ1n) is 10.6. The number of halogens is 1. The Bertz CT molecular complexity index is 832. The van der Waals surface area contributed by atoms with Crippen LogP contribution in [0.5, 0.6) is 5.75 Å². The molecule has 7 heteroatoms. The summed E-state index contributed by atoms with van der Waals surface area (Å²) in [4.78, 5) is 11.7. The number of pyridine rings is 1. The Morgan fingerprint density at radius 2 is 2.07 bits per heavy atom. The number of methoxy groups -OCH3 is 1. The minimum atomic E-state index is 0.411. The summed E-state index contributed by atoms with van der Waals surface area (Å²) in [6.07, 6.45) is 4.84. The third-order valence-electron chi connectivity index (χ3n) is 5.31. The lowest BCUT2D eigenvalue weighted by Gasteiger charge is -2.33. The number of hydrogen-bond acceptors (Lipinski definition) is 4. The number of nitrogens with one attached hydrogen (secondary N) is 2. The summed E-state index contributed by atoms with van der Waals surface area (Å²) >= 11 is 6.34. The number of aliphatic imine (C=N–C) groups is 1. The summed E-state index contributed by atoms with van der Waals surface area (Å²) < 4.78 is 5.21. The highest BCUT2D eigenvalue weighted by atomic mass is 35.5. The molecule has 1 aliphatic heterocycles. The van der Waals surface area contributed by atoms with Gasteiger partial charge < -0.3 is 20.3 Å². The van der Waals surface area contributed by atoms with Gasteiger partial charge in [-0.15, -0.1) is 0 Å². The fourth-order valence-electron chi connectivity index (χ4n) is 3.56. The van der Waals surface area contributed by atoms with Gasteiger partial charge in [-0.2, -0.15) is 0 Å². The average Bonchev–Trinajstić information content (AvgIpc) is 2.76. The van der Waals surface area contributed by atoms with Crippen LogP contribution >= 0.6 is 11.6 Å². The molecule has 0 aliphatic carbocycles. The molecule has 0 spiro atoms. The lowest BCUT2D eigenvalue weighted by Crippen LogP contribution is -2.49. The van der Waals surface area contributed by atoms with Crippen molar-refractivity contribution in [2.45, 2.75) is 39.2 Å². The summed E-state index contributed by atoms with van der Waals surface area (Å²) in [6, 6.07) is 10.4. The van der Waals surface area contributed by atoms with E-state index in [9.17, 15) is 0 Å². The SMILES string of the molecule is CCNC(=NCCc1ccc(OC)cc1Cl)NC1CCN(c2ccc(C)cn2)CC1. The lowest BCUT2D eigenvalue weighted by molar-refractivity contribution is 0.414. The fourth-order valence-corrected chi connectivity index (χ4v) is 3.82. The Morgan fingerprint density at radius 1 is 1.27 bits per heavy atom. The lowest BCUT2D eigenvalue weighted by atomic mass is 10.1. The van der Waals surface area contributed by atoms with E-state index < -0.39 is 0 Å².